The number of hydrogen-bond acceptors (Lipinski definition) is 1. The van der Waals surface area contributed by atoms with Crippen LogP contribution < -0.4 is 5.32 Å². The van der Waals surface area contributed by atoms with E-state index in [-0.39, 0.29) is 0 Å². The van der Waals surface area contributed by atoms with Gasteiger partial charge in [-0.05, 0) is 11.8 Å². The zero-order valence-corrected chi connectivity index (χ0v) is 6.94. The lowest BCUT2D eigenvalue weighted by atomic mass is 9.88. The first-order valence-corrected chi connectivity index (χ1v) is 3.75. The first-order chi connectivity index (χ1) is 4.58. The Morgan fingerprint density at radius 3 is 2.70 bits per heavy atom. The Morgan fingerprint density at radius 1 is 1.60 bits per heavy atom. The van der Waals surface area contributed by atoms with Crippen molar-refractivity contribution >= 4 is 0 Å². The van der Waals surface area contributed by atoms with Crippen LogP contribution >= 0.6 is 0 Å². The van der Waals surface area contributed by atoms with Gasteiger partial charge in [0.2, 0.25) is 6.54 Å². The van der Waals surface area contributed by atoms with Crippen molar-refractivity contribution in [2.75, 3.05) is 6.54 Å². The van der Waals surface area contributed by atoms with Crippen LogP contribution in [0, 0.1) is 11.6 Å². The summed E-state index contributed by atoms with van der Waals surface area (Å²) in [7, 11) is 0. The van der Waals surface area contributed by atoms with E-state index in [1.807, 2.05) is 0 Å². The lowest BCUT2D eigenvalue weighted by Crippen LogP contribution is -2.28. The van der Waals surface area contributed by atoms with Gasteiger partial charge in [0.1, 0.15) is 0 Å². The maximum Gasteiger partial charge on any atom is 0.369 e. The molecule has 10 heavy (non-hydrogen) atoms. The monoisotopic (exact) mass is 139 g/mol. The quantitative estimate of drug-likeness (QED) is 0.547. The van der Waals surface area contributed by atoms with Gasteiger partial charge >= 0.3 is 6.19 Å². The number of hydrogen-bond donors (Lipinski definition) is 1. The van der Waals surface area contributed by atoms with Gasteiger partial charge in [-0.3, -0.25) is 0 Å². The summed E-state index contributed by atoms with van der Waals surface area (Å²) in [6.07, 6.45) is 3.94. The molecular formula is C8H15N2+. The third-order valence-corrected chi connectivity index (χ3v) is 1.52. The molecule has 0 spiro atoms. The van der Waals surface area contributed by atoms with Gasteiger partial charge in [-0.1, -0.05) is 20.8 Å². The number of nitrogens with one attached hydrogen (secondary N) is 1. The average molecular weight is 139 g/mol. The molecule has 0 aromatic carbocycles. The number of nitrogens with zero attached hydrogens (tertiary/aromatic N) is 1. The molecule has 1 rings (SSSR count). The van der Waals surface area contributed by atoms with Gasteiger partial charge in [0.05, 0.1) is 0 Å². The topological polar surface area (TPSA) is 16.4 Å². The molecule has 0 aliphatic carbocycles. The van der Waals surface area contributed by atoms with Crippen molar-refractivity contribution in [2.45, 2.75) is 33.2 Å². The van der Waals surface area contributed by atoms with Gasteiger partial charge in [0.25, 0.3) is 0 Å². The van der Waals surface area contributed by atoms with E-state index in [2.05, 4.69) is 37.1 Å². The molecule has 1 atom stereocenters. The van der Waals surface area contributed by atoms with Gasteiger partial charge in [0.15, 0.2) is 6.04 Å². The molecule has 2 heteroatoms. The molecule has 0 saturated carbocycles. The SMILES string of the molecule is CC(C)(C)CC1C[N+]#CN1. The molecule has 1 N–H and O–H groups in total. The van der Waals surface area contributed by atoms with E-state index in [0.29, 0.717) is 11.5 Å². The van der Waals surface area contributed by atoms with Crippen molar-refractivity contribution in [1.82, 2.24) is 5.32 Å². The van der Waals surface area contributed by atoms with Gasteiger partial charge in [-0.15, -0.1) is 0 Å². The highest BCUT2D eigenvalue weighted by Gasteiger charge is 2.25. The average Bonchev–Trinajstić information content (AvgIpc) is 2.12. The molecular weight excluding hydrogens is 124 g/mol. The second-order valence-electron chi connectivity index (χ2n) is 4.06. The van der Waals surface area contributed by atoms with Gasteiger partial charge in [0, 0.05) is 0 Å². The summed E-state index contributed by atoms with van der Waals surface area (Å²) in [4.78, 5) is 3.99. The minimum Gasteiger partial charge on any atom is -0.215 e. The van der Waals surface area contributed by atoms with E-state index in [1.165, 1.54) is 6.42 Å². The molecule has 0 saturated heterocycles. The highest BCUT2D eigenvalue weighted by Crippen LogP contribution is 2.21. The van der Waals surface area contributed by atoms with Crippen LogP contribution in [-0.4, -0.2) is 12.6 Å². The summed E-state index contributed by atoms with van der Waals surface area (Å²) >= 11 is 0. The summed E-state index contributed by atoms with van der Waals surface area (Å²) in [6.45, 7) is 7.63. The summed E-state index contributed by atoms with van der Waals surface area (Å²) in [5.74, 6) is 0. The molecule has 1 aliphatic heterocycles. The molecule has 1 unspecified atom stereocenters. The van der Waals surface area contributed by atoms with Crippen molar-refractivity contribution in [3.8, 4) is 6.19 Å². The summed E-state index contributed by atoms with van der Waals surface area (Å²) < 4.78 is 0. The van der Waals surface area contributed by atoms with E-state index in [1.54, 1.807) is 0 Å². The molecule has 0 amide bonds. The molecule has 0 radical (unpaired) electrons. The highest BCUT2D eigenvalue weighted by atomic mass is 15.0. The Bertz CT molecular complexity index is 158. The lowest BCUT2D eigenvalue weighted by Gasteiger charge is -2.18. The van der Waals surface area contributed by atoms with Crippen LogP contribution in [0.4, 0.5) is 0 Å². The maximum atomic E-state index is 3.99. The Morgan fingerprint density at radius 2 is 2.30 bits per heavy atom. The van der Waals surface area contributed by atoms with Gasteiger partial charge in [-0.25, -0.2) is 5.32 Å². The fraction of sp³-hybridized carbons (Fsp3) is 0.875. The minimum atomic E-state index is 0.402. The normalized spacial score (nSPS) is 23.3. The van der Waals surface area contributed by atoms with Crippen molar-refractivity contribution in [3.05, 3.63) is 4.85 Å². The second kappa shape index (κ2) is 2.49. The number of rotatable bonds is 1. The van der Waals surface area contributed by atoms with Crippen LogP contribution in [0.2, 0.25) is 0 Å². The summed E-state index contributed by atoms with van der Waals surface area (Å²) in [6, 6.07) is 0.528. The van der Waals surface area contributed by atoms with Gasteiger partial charge < -0.3 is 0 Å². The minimum absolute atomic E-state index is 0.402. The van der Waals surface area contributed by atoms with Crippen LogP contribution in [0.3, 0.4) is 0 Å². The largest absolute Gasteiger partial charge is 0.369 e. The Kier molecular flexibility index (Phi) is 1.85. The van der Waals surface area contributed by atoms with E-state index in [9.17, 15) is 0 Å². The van der Waals surface area contributed by atoms with E-state index < -0.39 is 0 Å². The Balaban J connectivity index is 2.27. The van der Waals surface area contributed by atoms with E-state index >= 15 is 0 Å². The van der Waals surface area contributed by atoms with E-state index in [0.717, 1.165) is 6.54 Å². The van der Waals surface area contributed by atoms with Crippen molar-refractivity contribution in [1.29, 1.82) is 0 Å². The van der Waals surface area contributed by atoms with Crippen molar-refractivity contribution in [3.63, 3.8) is 0 Å². The summed E-state index contributed by atoms with van der Waals surface area (Å²) in [5, 5.41) is 3.10. The molecule has 1 heterocycles. The van der Waals surface area contributed by atoms with E-state index in [4.69, 9.17) is 0 Å². The molecule has 0 aromatic rings. The zero-order valence-electron chi connectivity index (χ0n) is 6.94. The van der Waals surface area contributed by atoms with Crippen LogP contribution in [-0.2, 0) is 0 Å². The van der Waals surface area contributed by atoms with Crippen molar-refractivity contribution in [2.24, 2.45) is 5.41 Å². The van der Waals surface area contributed by atoms with Crippen LogP contribution in [0.5, 0.6) is 0 Å². The molecule has 56 valence electrons. The zero-order chi connectivity index (χ0) is 7.61. The molecule has 0 bridgehead atoms. The molecule has 0 aromatic heterocycles. The highest BCUT2D eigenvalue weighted by molar-refractivity contribution is 4.99. The Hall–Kier alpha value is -0.710. The summed E-state index contributed by atoms with van der Waals surface area (Å²) in [5.41, 5.74) is 0.402. The van der Waals surface area contributed by atoms with Gasteiger partial charge in [-0.2, -0.15) is 4.85 Å². The fourth-order valence-electron chi connectivity index (χ4n) is 1.19. The third-order valence-electron chi connectivity index (χ3n) is 1.52. The smallest absolute Gasteiger partial charge is 0.215 e. The predicted octanol–water partition coefficient (Wildman–Crippen LogP) is 1.68. The molecule has 1 aliphatic rings. The predicted molar refractivity (Wildman–Crippen MR) is 43.1 cm³/mol. The second-order valence-corrected chi connectivity index (χ2v) is 4.06. The maximum absolute atomic E-state index is 3.99. The van der Waals surface area contributed by atoms with Crippen LogP contribution in [0.25, 0.3) is 4.85 Å². The lowest BCUT2D eigenvalue weighted by molar-refractivity contribution is 0.336. The molecule has 2 nitrogen and oxygen atoms in total. The standard InChI is InChI=1S/C8H14N2/c1-8(2,3)4-7-5-9-6-10-7/h7H,4-5H2,1-3H3/p+1. The fourth-order valence-corrected chi connectivity index (χ4v) is 1.19. The van der Waals surface area contributed by atoms with Crippen LogP contribution in [0.15, 0.2) is 0 Å². The first kappa shape index (κ1) is 7.40. The molecule has 0 fully saturated rings. The third kappa shape index (κ3) is 2.26. The first-order valence-electron chi connectivity index (χ1n) is 3.75. The van der Waals surface area contributed by atoms with Crippen LogP contribution in [0.1, 0.15) is 27.2 Å². The van der Waals surface area contributed by atoms with Crippen molar-refractivity contribution < 1.29 is 0 Å². The Labute approximate surface area is 62.4 Å².